The van der Waals surface area contributed by atoms with Crippen molar-refractivity contribution in [2.45, 2.75) is 6.92 Å². The van der Waals surface area contributed by atoms with E-state index in [0.29, 0.717) is 11.1 Å². The zero-order valence-electron chi connectivity index (χ0n) is 8.94. The van der Waals surface area contributed by atoms with E-state index in [9.17, 15) is 9.18 Å². The number of hydrogen-bond acceptors (Lipinski definition) is 3. The standard InChI is InChI=1S/C12H13FO3/c1-9(15)16-7-6-11(8-14)10-2-4-12(13)5-3-10/h2-6,14H,7-8H2,1H3/b11-6+. The molecule has 0 saturated carbocycles. The third-order valence-corrected chi connectivity index (χ3v) is 2.00. The van der Waals surface area contributed by atoms with Crippen molar-refractivity contribution in [3.8, 4) is 0 Å². The van der Waals surface area contributed by atoms with E-state index in [1.165, 1.54) is 19.1 Å². The second-order valence-electron chi connectivity index (χ2n) is 3.20. The highest BCUT2D eigenvalue weighted by Crippen LogP contribution is 2.14. The number of ether oxygens (including phenoxy) is 1. The predicted molar refractivity (Wildman–Crippen MR) is 58.1 cm³/mol. The van der Waals surface area contributed by atoms with Crippen LogP contribution in [0.25, 0.3) is 5.57 Å². The van der Waals surface area contributed by atoms with Gasteiger partial charge in [-0.15, -0.1) is 0 Å². The lowest BCUT2D eigenvalue weighted by Crippen LogP contribution is -2.00. The summed E-state index contributed by atoms with van der Waals surface area (Å²) in [6, 6.07) is 5.74. The highest BCUT2D eigenvalue weighted by Gasteiger charge is 2.00. The zero-order valence-corrected chi connectivity index (χ0v) is 8.94. The molecule has 0 aromatic heterocycles. The molecule has 1 aromatic rings. The Hall–Kier alpha value is -1.68. The maximum absolute atomic E-state index is 12.7. The molecule has 0 radical (unpaired) electrons. The maximum atomic E-state index is 12.7. The van der Waals surface area contributed by atoms with Crippen molar-refractivity contribution in [2.75, 3.05) is 13.2 Å². The van der Waals surface area contributed by atoms with Gasteiger partial charge in [-0.1, -0.05) is 12.1 Å². The number of hydrogen-bond donors (Lipinski definition) is 1. The number of rotatable bonds is 4. The Labute approximate surface area is 93.2 Å². The van der Waals surface area contributed by atoms with Gasteiger partial charge in [-0.3, -0.25) is 4.79 Å². The van der Waals surface area contributed by atoms with Gasteiger partial charge in [0.25, 0.3) is 0 Å². The third kappa shape index (κ3) is 3.82. The van der Waals surface area contributed by atoms with Crippen LogP contribution in [-0.4, -0.2) is 24.3 Å². The van der Waals surface area contributed by atoms with Crippen LogP contribution in [0.15, 0.2) is 30.3 Å². The monoisotopic (exact) mass is 224 g/mol. The molecule has 0 fully saturated rings. The van der Waals surface area contributed by atoms with E-state index >= 15 is 0 Å². The van der Waals surface area contributed by atoms with Crippen LogP contribution in [-0.2, 0) is 9.53 Å². The van der Waals surface area contributed by atoms with Crippen LogP contribution in [0.4, 0.5) is 4.39 Å². The largest absolute Gasteiger partial charge is 0.462 e. The van der Waals surface area contributed by atoms with E-state index in [1.54, 1.807) is 18.2 Å². The highest BCUT2D eigenvalue weighted by molar-refractivity contribution is 5.68. The van der Waals surface area contributed by atoms with E-state index in [-0.39, 0.29) is 25.0 Å². The van der Waals surface area contributed by atoms with Crippen molar-refractivity contribution in [2.24, 2.45) is 0 Å². The molecule has 1 rings (SSSR count). The molecule has 0 heterocycles. The second kappa shape index (κ2) is 6.02. The van der Waals surface area contributed by atoms with Gasteiger partial charge in [0.05, 0.1) is 6.61 Å². The van der Waals surface area contributed by atoms with Crippen LogP contribution in [0, 0.1) is 5.82 Å². The lowest BCUT2D eigenvalue weighted by atomic mass is 10.1. The van der Waals surface area contributed by atoms with Crippen molar-refractivity contribution in [1.29, 1.82) is 0 Å². The van der Waals surface area contributed by atoms with Gasteiger partial charge in [0.1, 0.15) is 12.4 Å². The summed E-state index contributed by atoms with van der Waals surface area (Å²) in [5.74, 6) is -0.714. The number of carbonyl (C=O) groups excluding carboxylic acids is 1. The van der Waals surface area contributed by atoms with Crippen molar-refractivity contribution >= 4 is 11.5 Å². The molecule has 16 heavy (non-hydrogen) atoms. The van der Waals surface area contributed by atoms with Crippen molar-refractivity contribution in [1.82, 2.24) is 0 Å². The predicted octanol–water partition coefficient (Wildman–Crippen LogP) is 1.76. The number of benzene rings is 1. The van der Waals surface area contributed by atoms with Crippen LogP contribution in [0.5, 0.6) is 0 Å². The minimum Gasteiger partial charge on any atom is -0.462 e. The summed E-state index contributed by atoms with van der Waals surface area (Å²) in [6.45, 7) is 1.22. The van der Waals surface area contributed by atoms with Crippen LogP contribution in [0.1, 0.15) is 12.5 Å². The summed E-state index contributed by atoms with van der Waals surface area (Å²) in [6.07, 6.45) is 1.59. The third-order valence-electron chi connectivity index (χ3n) is 2.00. The molecule has 0 aliphatic carbocycles. The smallest absolute Gasteiger partial charge is 0.302 e. The molecule has 0 unspecified atom stereocenters. The first-order chi connectivity index (χ1) is 7.63. The lowest BCUT2D eigenvalue weighted by molar-refractivity contribution is -0.139. The summed E-state index contributed by atoms with van der Waals surface area (Å²) >= 11 is 0. The van der Waals surface area contributed by atoms with E-state index in [2.05, 4.69) is 0 Å². The second-order valence-corrected chi connectivity index (χ2v) is 3.20. The molecule has 0 spiro atoms. The number of carbonyl (C=O) groups is 1. The van der Waals surface area contributed by atoms with Gasteiger partial charge >= 0.3 is 5.97 Å². The minimum atomic E-state index is -0.382. The molecule has 1 aromatic carbocycles. The molecule has 0 bridgehead atoms. The molecule has 0 aliphatic heterocycles. The number of aliphatic hydroxyl groups excluding tert-OH is 1. The fourth-order valence-corrected chi connectivity index (χ4v) is 1.20. The SMILES string of the molecule is CC(=O)OC/C=C(\CO)c1ccc(F)cc1. The normalized spacial score (nSPS) is 11.3. The zero-order chi connectivity index (χ0) is 12.0. The molecule has 0 atom stereocenters. The van der Waals surface area contributed by atoms with Crippen molar-refractivity contribution in [3.63, 3.8) is 0 Å². The van der Waals surface area contributed by atoms with Crippen molar-refractivity contribution < 1.29 is 19.0 Å². The van der Waals surface area contributed by atoms with Gasteiger partial charge in [-0.2, -0.15) is 0 Å². The van der Waals surface area contributed by atoms with Crippen LogP contribution >= 0.6 is 0 Å². The first kappa shape index (κ1) is 12.4. The van der Waals surface area contributed by atoms with Gasteiger partial charge in [-0.25, -0.2) is 4.39 Å². The van der Waals surface area contributed by atoms with E-state index < -0.39 is 0 Å². The van der Waals surface area contributed by atoms with Gasteiger partial charge in [0, 0.05) is 6.92 Å². The van der Waals surface area contributed by atoms with Crippen LogP contribution < -0.4 is 0 Å². The maximum Gasteiger partial charge on any atom is 0.302 e. The fraction of sp³-hybridized carbons (Fsp3) is 0.250. The molecule has 4 heteroatoms. The average molecular weight is 224 g/mol. The Kier molecular flexibility index (Phi) is 4.66. The van der Waals surface area contributed by atoms with Gasteiger partial charge in [-0.05, 0) is 29.3 Å². The van der Waals surface area contributed by atoms with Gasteiger partial charge in [0.15, 0.2) is 0 Å². The van der Waals surface area contributed by atoms with E-state index in [4.69, 9.17) is 9.84 Å². The van der Waals surface area contributed by atoms with Crippen LogP contribution in [0.3, 0.4) is 0 Å². The summed E-state index contributed by atoms with van der Waals surface area (Å²) in [5.41, 5.74) is 1.30. The van der Waals surface area contributed by atoms with Crippen LogP contribution in [0.2, 0.25) is 0 Å². The summed E-state index contributed by atoms with van der Waals surface area (Å²) in [5, 5.41) is 9.11. The first-order valence-electron chi connectivity index (χ1n) is 4.82. The average Bonchev–Trinajstić information content (AvgIpc) is 2.26. The summed E-state index contributed by atoms with van der Waals surface area (Å²) in [7, 11) is 0. The Bertz CT molecular complexity index is 382. The molecule has 0 aliphatic rings. The molecule has 1 N–H and O–H groups in total. The molecular weight excluding hydrogens is 211 g/mol. The summed E-state index contributed by atoms with van der Waals surface area (Å²) in [4.78, 5) is 10.5. The fourth-order valence-electron chi connectivity index (χ4n) is 1.20. The molecule has 0 amide bonds. The Morgan fingerprint density at radius 3 is 2.56 bits per heavy atom. The Balaban J connectivity index is 2.73. The molecule has 3 nitrogen and oxygen atoms in total. The topological polar surface area (TPSA) is 46.5 Å². The summed E-state index contributed by atoms with van der Waals surface area (Å²) < 4.78 is 17.4. The van der Waals surface area contributed by atoms with E-state index in [0.717, 1.165) is 0 Å². The lowest BCUT2D eigenvalue weighted by Gasteiger charge is -2.04. The van der Waals surface area contributed by atoms with Gasteiger partial charge in [0.2, 0.25) is 0 Å². The first-order valence-corrected chi connectivity index (χ1v) is 4.82. The number of esters is 1. The minimum absolute atomic E-state index is 0.0998. The highest BCUT2D eigenvalue weighted by atomic mass is 19.1. The number of aliphatic hydroxyl groups is 1. The molecule has 0 saturated heterocycles. The quantitative estimate of drug-likeness (QED) is 0.793. The number of halogens is 1. The van der Waals surface area contributed by atoms with E-state index in [1.807, 2.05) is 0 Å². The van der Waals surface area contributed by atoms with Crippen molar-refractivity contribution in [3.05, 3.63) is 41.7 Å². The Morgan fingerprint density at radius 2 is 2.06 bits per heavy atom. The van der Waals surface area contributed by atoms with Gasteiger partial charge < -0.3 is 9.84 Å². The molecular formula is C12H13FO3. The molecule has 86 valence electrons. The Morgan fingerprint density at radius 1 is 1.44 bits per heavy atom.